The van der Waals surface area contributed by atoms with Crippen molar-refractivity contribution in [3.8, 4) is 28.4 Å². The number of carbonyl (C=O) groups is 1. The van der Waals surface area contributed by atoms with Gasteiger partial charge in [-0.25, -0.2) is 4.39 Å². The van der Waals surface area contributed by atoms with Crippen molar-refractivity contribution >= 4 is 6.29 Å². The molecular formula is C22H19FO4. The Labute approximate surface area is 157 Å². The highest BCUT2D eigenvalue weighted by Gasteiger charge is 2.12. The molecule has 0 radical (unpaired) electrons. The van der Waals surface area contributed by atoms with Gasteiger partial charge in [0.15, 0.2) is 6.29 Å². The van der Waals surface area contributed by atoms with Crippen LogP contribution in [0.5, 0.6) is 17.2 Å². The molecule has 3 rings (SSSR count). The fourth-order valence-corrected chi connectivity index (χ4v) is 2.70. The van der Waals surface area contributed by atoms with E-state index in [1.165, 1.54) is 19.2 Å². The number of benzene rings is 3. The molecule has 0 aliphatic heterocycles. The zero-order valence-corrected chi connectivity index (χ0v) is 15.1. The van der Waals surface area contributed by atoms with Crippen LogP contribution in [0.15, 0.2) is 60.7 Å². The highest BCUT2D eigenvalue weighted by Crippen LogP contribution is 2.31. The maximum atomic E-state index is 14.2. The van der Waals surface area contributed by atoms with Crippen LogP contribution in [0.25, 0.3) is 11.1 Å². The van der Waals surface area contributed by atoms with Gasteiger partial charge < -0.3 is 14.2 Å². The third-order valence-corrected chi connectivity index (χ3v) is 4.18. The lowest BCUT2D eigenvalue weighted by Gasteiger charge is -2.12. The first kappa shape index (κ1) is 18.5. The third-order valence-electron chi connectivity index (χ3n) is 4.18. The Bertz CT molecular complexity index is 936. The summed E-state index contributed by atoms with van der Waals surface area (Å²) in [6, 6.07) is 16.9. The fraction of sp³-hybridized carbons (Fsp3) is 0.136. The average Bonchev–Trinajstić information content (AvgIpc) is 2.73. The Morgan fingerprint density at radius 1 is 0.815 bits per heavy atom. The van der Waals surface area contributed by atoms with Gasteiger partial charge in [0.05, 0.1) is 14.2 Å². The normalized spacial score (nSPS) is 10.3. The van der Waals surface area contributed by atoms with Gasteiger partial charge in [0, 0.05) is 11.1 Å². The minimum Gasteiger partial charge on any atom is -0.497 e. The van der Waals surface area contributed by atoms with E-state index in [0.29, 0.717) is 41.1 Å². The molecule has 0 aliphatic carbocycles. The van der Waals surface area contributed by atoms with Crippen LogP contribution >= 0.6 is 0 Å². The smallest absolute Gasteiger partial charge is 0.150 e. The van der Waals surface area contributed by atoms with Crippen molar-refractivity contribution in [2.24, 2.45) is 0 Å². The van der Waals surface area contributed by atoms with Crippen molar-refractivity contribution in [3.63, 3.8) is 0 Å². The summed E-state index contributed by atoms with van der Waals surface area (Å²) < 4.78 is 30.3. The quantitative estimate of drug-likeness (QED) is 0.558. The number of methoxy groups -OCH3 is 2. The summed E-state index contributed by atoms with van der Waals surface area (Å²) in [5.41, 5.74) is 2.09. The predicted molar refractivity (Wildman–Crippen MR) is 101 cm³/mol. The molecule has 4 nitrogen and oxygen atoms in total. The molecule has 0 aliphatic rings. The number of hydrogen-bond acceptors (Lipinski definition) is 4. The highest BCUT2D eigenvalue weighted by molar-refractivity contribution is 5.88. The van der Waals surface area contributed by atoms with E-state index in [2.05, 4.69) is 0 Å². The number of rotatable bonds is 7. The molecule has 5 heteroatoms. The van der Waals surface area contributed by atoms with E-state index >= 15 is 0 Å². The fourth-order valence-electron chi connectivity index (χ4n) is 2.70. The lowest BCUT2D eigenvalue weighted by atomic mass is 9.99. The van der Waals surface area contributed by atoms with Gasteiger partial charge in [-0.05, 0) is 59.7 Å². The maximum absolute atomic E-state index is 14.2. The van der Waals surface area contributed by atoms with E-state index in [0.717, 1.165) is 11.3 Å². The lowest BCUT2D eigenvalue weighted by Crippen LogP contribution is -1.98. The molecule has 0 spiro atoms. The summed E-state index contributed by atoms with van der Waals surface area (Å²) >= 11 is 0. The molecule has 138 valence electrons. The summed E-state index contributed by atoms with van der Waals surface area (Å²) in [6.45, 7) is 0.342. The van der Waals surface area contributed by atoms with Gasteiger partial charge in [-0.2, -0.15) is 0 Å². The van der Waals surface area contributed by atoms with Gasteiger partial charge >= 0.3 is 0 Å². The van der Waals surface area contributed by atoms with Gasteiger partial charge in [0.1, 0.15) is 29.7 Å². The van der Waals surface area contributed by atoms with E-state index < -0.39 is 5.82 Å². The average molecular weight is 366 g/mol. The van der Waals surface area contributed by atoms with E-state index in [4.69, 9.17) is 14.2 Å². The van der Waals surface area contributed by atoms with Gasteiger partial charge in [-0.1, -0.05) is 12.1 Å². The van der Waals surface area contributed by atoms with Crippen LogP contribution in [0, 0.1) is 5.82 Å². The Hall–Kier alpha value is -3.34. The molecule has 0 N–H and O–H groups in total. The van der Waals surface area contributed by atoms with Crippen LogP contribution in [0.1, 0.15) is 15.9 Å². The molecule has 0 atom stereocenters. The van der Waals surface area contributed by atoms with Gasteiger partial charge in [0.25, 0.3) is 0 Å². The highest BCUT2D eigenvalue weighted by atomic mass is 19.1. The molecule has 3 aromatic carbocycles. The van der Waals surface area contributed by atoms with Crippen molar-refractivity contribution in [2.75, 3.05) is 14.2 Å². The Morgan fingerprint density at radius 3 is 2.15 bits per heavy atom. The molecule has 0 unspecified atom stereocenters. The number of halogens is 1. The van der Waals surface area contributed by atoms with E-state index in [-0.39, 0.29) is 0 Å². The minimum absolute atomic E-state index is 0.304. The second-order valence-electron chi connectivity index (χ2n) is 5.85. The van der Waals surface area contributed by atoms with Crippen molar-refractivity contribution in [1.29, 1.82) is 0 Å². The van der Waals surface area contributed by atoms with Crippen LogP contribution in [0.4, 0.5) is 4.39 Å². The van der Waals surface area contributed by atoms with Crippen LogP contribution in [-0.2, 0) is 6.61 Å². The summed E-state index contributed by atoms with van der Waals surface area (Å²) in [5.74, 6) is 1.39. The van der Waals surface area contributed by atoms with Gasteiger partial charge in [-0.3, -0.25) is 4.79 Å². The molecule has 0 heterocycles. The van der Waals surface area contributed by atoms with Crippen LogP contribution in [0.3, 0.4) is 0 Å². The molecule has 27 heavy (non-hydrogen) atoms. The zero-order chi connectivity index (χ0) is 19.2. The second kappa shape index (κ2) is 8.36. The first-order valence-electron chi connectivity index (χ1n) is 8.33. The Morgan fingerprint density at radius 2 is 1.48 bits per heavy atom. The molecule has 0 fully saturated rings. The SMILES string of the molecule is COc1ccc(COc2ccc(-c3cc(OC)ccc3F)c(C=O)c2)cc1. The maximum Gasteiger partial charge on any atom is 0.150 e. The third kappa shape index (κ3) is 4.26. The number of hydrogen-bond donors (Lipinski definition) is 0. The minimum atomic E-state index is -0.425. The number of carbonyl (C=O) groups excluding carboxylic acids is 1. The molecule has 0 amide bonds. The van der Waals surface area contributed by atoms with Crippen molar-refractivity contribution in [2.45, 2.75) is 6.61 Å². The first-order valence-corrected chi connectivity index (χ1v) is 8.33. The first-order chi connectivity index (χ1) is 13.1. The Balaban J connectivity index is 1.82. The van der Waals surface area contributed by atoms with E-state index in [1.54, 1.807) is 31.4 Å². The number of aldehydes is 1. The summed E-state index contributed by atoms with van der Waals surface area (Å²) in [6.07, 6.45) is 0.689. The van der Waals surface area contributed by atoms with Crippen molar-refractivity contribution < 1.29 is 23.4 Å². The summed E-state index contributed by atoms with van der Waals surface area (Å²) in [4.78, 5) is 11.5. The zero-order valence-electron chi connectivity index (χ0n) is 15.1. The van der Waals surface area contributed by atoms with Crippen LogP contribution < -0.4 is 14.2 Å². The predicted octanol–water partition coefficient (Wildman–Crippen LogP) is 4.90. The molecule has 3 aromatic rings. The second-order valence-corrected chi connectivity index (χ2v) is 5.85. The lowest BCUT2D eigenvalue weighted by molar-refractivity contribution is 0.112. The molecule has 0 bridgehead atoms. The van der Waals surface area contributed by atoms with E-state index in [9.17, 15) is 9.18 Å². The number of ether oxygens (including phenoxy) is 3. The molecule has 0 aromatic heterocycles. The van der Waals surface area contributed by atoms with Crippen molar-refractivity contribution in [1.82, 2.24) is 0 Å². The largest absolute Gasteiger partial charge is 0.497 e. The monoisotopic (exact) mass is 366 g/mol. The van der Waals surface area contributed by atoms with Crippen LogP contribution in [0.2, 0.25) is 0 Å². The van der Waals surface area contributed by atoms with E-state index in [1.807, 2.05) is 24.3 Å². The standard InChI is InChI=1S/C22H19FO4/c1-25-17-5-3-15(4-6-17)14-27-19-7-9-20(16(11-19)13-24)21-12-18(26-2)8-10-22(21)23/h3-13H,14H2,1-2H3. The van der Waals surface area contributed by atoms with Gasteiger partial charge in [0.2, 0.25) is 0 Å². The molecule has 0 saturated heterocycles. The van der Waals surface area contributed by atoms with Crippen LogP contribution in [-0.4, -0.2) is 20.5 Å². The van der Waals surface area contributed by atoms with Crippen molar-refractivity contribution in [3.05, 3.63) is 77.6 Å². The molecular weight excluding hydrogens is 347 g/mol. The van der Waals surface area contributed by atoms with Gasteiger partial charge in [-0.15, -0.1) is 0 Å². The topological polar surface area (TPSA) is 44.8 Å². The molecule has 0 saturated carbocycles. The summed E-state index contributed by atoms with van der Waals surface area (Å²) in [7, 11) is 3.12. The summed E-state index contributed by atoms with van der Waals surface area (Å²) in [5, 5.41) is 0. The Kier molecular flexibility index (Phi) is 5.71.